The summed E-state index contributed by atoms with van der Waals surface area (Å²) in [6.45, 7) is 2.75. The summed E-state index contributed by atoms with van der Waals surface area (Å²) >= 11 is 0. The number of aliphatic hydroxyl groups is 1. The van der Waals surface area contributed by atoms with Crippen LogP contribution in [0.1, 0.15) is 39.5 Å². The second-order valence-electron chi connectivity index (χ2n) is 3.61. The first-order valence-corrected chi connectivity index (χ1v) is 4.59. The summed E-state index contributed by atoms with van der Waals surface area (Å²) in [5.41, 5.74) is -2.46. The lowest BCUT2D eigenvalue weighted by Crippen LogP contribution is -2.51. The molecule has 0 heterocycles. The van der Waals surface area contributed by atoms with Gasteiger partial charge in [-0.3, -0.25) is 0 Å². The third-order valence-corrected chi connectivity index (χ3v) is 2.21. The zero-order chi connectivity index (χ0) is 11.4. The molecule has 5 heteroatoms. The molecule has 1 unspecified atom stereocenters. The first kappa shape index (κ1) is 13.3. The van der Waals surface area contributed by atoms with Gasteiger partial charge in [0.2, 0.25) is 0 Å². The van der Waals surface area contributed by atoms with Crippen LogP contribution in [0.25, 0.3) is 0 Å². The topological polar surface area (TPSA) is 57.5 Å². The predicted octanol–water partition coefficient (Wildman–Crippen LogP) is 2.04. The van der Waals surface area contributed by atoms with Gasteiger partial charge in [0.25, 0.3) is 0 Å². The summed E-state index contributed by atoms with van der Waals surface area (Å²) in [6.07, 6.45) is 1.72. The van der Waals surface area contributed by atoms with Gasteiger partial charge in [-0.1, -0.05) is 26.2 Å². The summed E-state index contributed by atoms with van der Waals surface area (Å²) in [4.78, 5) is 10.2. The summed E-state index contributed by atoms with van der Waals surface area (Å²) in [5.74, 6) is -6.36. The Morgan fingerprint density at radius 3 is 2.21 bits per heavy atom. The Balaban J connectivity index is 4.36. The predicted molar refractivity (Wildman–Crippen MR) is 47.3 cm³/mol. The van der Waals surface area contributed by atoms with E-state index < -0.39 is 17.5 Å². The van der Waals surface area contributed by atoms with Crippen LogP contribution in [-0.2, 0) is 4.79 Å². The lowest BCUT2D eigenvalue weighted by molar-refractivity contribution is -0.205. The molecule has 0 amide bonds. The van der Waals surface area contributed by atoms with E-state index in [9.17, 15) is 18.7 Å². The van der Waals surface area contributed by atoms with E-state index in [-0.39, 0.29) is 6.42 Å². The Labute approximate surface area is 81.7 Å². The molecule has 1 atom stereocenters. The molecule has 84 valence electrons. The van der Waals surface area contributed by atoms with E-state index >= 15 is 0 Å². The molecule has 0 bridgehead atoms. The van der Waals surface area contributed by atoms with Crippen LogP contribution in [0, 0.1) is 0 Å². The van der Waals surface area contributed by atoms with Crippen molar-refractivity contribution in [2.45, 2.75) is 51.1 Å². The molecule has 0 rings (SSSR count). The van der Waals surface area contributed by atoms with Gasteiger partial charge in [-0.2, -0.15) is 8.78 Å². The average Bonchev–Trinajstić information content (AvgIpc) is 2.04. The van der Waals surface area contributed by atoms with Crippen molar-refractivity contribution >= 4 is 5.97 Å². The van der Waals surface area contributed by atoms with Crippen LogP contribution in [0.3, 0.4) is 0 Å². The van der Waals surface area contributed by atoms with Crippen molar-refractivity contribution in [3.8, 4) is 0 Å². The van der Waals surface area contributed by atoms with E-state index in [1.165, 1.54) is 0 Å². The van der Waals surface area contributed by atoms with Crippen molar-refractivity contribution in [3.05, 3.63) is 0 Å². The first-order chi connectivity index (χ1) is 6.25. The highest BCUT2D eigenvalue weighted by Gasteiger charge is 2.55. The van der Waals surface area contributed by atoms with E-state index in [1.807, 2.05) is 6.92 Å². The van der Waals surface area contributed by atoms with Crippen LogP contribution in [0.2, 0.25) is 0 Å². The van der Waals surface area contributed by atoms with Gasteiger partial charge in [0.1, 0.15) is 5.60 Å². The largest absolute Gasteiger partial charge is 0.477 e. The van der Waals surface area contributed by atoms with Crippen molar-refractivity contribution in [1.82, 2.24) is 0 Å². The van der Waals surface area contributed by atoms with E-state index in [0.717, 1.165) is 13.3 Å². The Morgan fingerprint density at radius 2 is 1.86 bits per heavy atom. The number of carboxylic acid groups (broad SMARTS) is 1. The highest BCUT2D eigenvalue weighted by molar-refractivity contribution is 5.76. The molecule has 0 aliphatic carbocycles. The second kappa shape index (κ2) is 4.68. The lowest BCUT2D eigenvalue weighted by atomic mass is 9.91. The molecular weight excluding hydrogens is 194 g/mol. The molecule has 0 aliphatic heterocycles. The van der Waals surface area contributed by atoms with Crippen molar-refractivity contribution in [1.29, 1.82) is 0 Å². The molecule has 0 aromatic rings. The van der Waals surface area contributed by atoms with Crippen LogP contribution in [0.5, 0.6) is 0 Å². The van der Waals surface area contributed by atoms with Gasteiger partial charge in [-0.25, -0.2) is 4.79 Å². The molecule has 0 aromatic carbocycles. The monoisotopic (exact) mass is 210 g/mol. The minimum Gasteiger partial charge on any atom is -0.477 e. The zero-order valence-electron chi connectivity index (χ0n) is 8.39. The normalized spacial score (nSPS) is 16.4. The van der Waals surface area contributed by atoms with Gasteiger partial charge in [-0.05, 0) is 13.3 Å². The molecule has 0 radical (unpaired) electrons. The number of hydrogen-bond donors (Lipinski definition) is 2. The molecule has 0 spiro atoms. The smallest absolute Gasteiger partial charge is 0.377 e. The minimum atomic E-state index is -4.08. The maximum Gasteiger partial charge on any atom is 0.377 e. The summed E-state index contributed by atoms with van der Waals surface area (Å²) in [6, 6.07) is 0. The van der Waals surface area contributed by atoms with E-state index in [0.29, 0.717) is 12.8 Å². The zero-order valence-corrected chi connectivity index (χ0v) is 8.39. The SMILES string of the molecule is CCCCCC(C)(O)C(F)(F)C(=O)O. The Hall–Kier alpha value is -0.710. The van der Waals surface area contributed by atoms with E-state index in [2.05, 4.69) is 0 Å². The number of halogens is 2. The van der Waals surface area contributed by atoms with Gasteiger partial charge >= 0.3 is 11.9 Å². The minimum absolute atomic E-state index is 0.208. The van der Waals surface area contributed by atoms with Crippen molar-refractivity contribution in [3.63, 3.8) is 0 Å². The van der Waals surface area contributed by atoms with Gasteiger partial charge in [-0.15, -0.1) is 0 Å². The van der Waals surface area contributed by atoms with Gasteiger partial charge in [0, 0.05) is 0 Å². The fourth-order valence-corrected chi connectivity index (χ4v) is 1.11. The Morgan fingerprint density at radius 1 is 1.36 bits per heavy atom. The molecule has 3 nitrogen and oxygen atoms in total. The molecule has 2 N–H and O–H groups in total. The van der Waals surface area contributed by atoms with Crippen molar-refractivity contribution in [2.75, 3.05) is 0 Å². The van der Waals surface area contributed by atoms with Crippen LogP contribution >= 0.6 is 0 Å². The van der Waals surface area contributed by atoms with Crippen LogP contribution in [0.15, 0.2) is 0 Å². The quantitative estimate of drug-likeness (QED) is 0.659. The molecule has 14 heavy (non-hydrogen) atoms. The van der Waals surface area contributed by atoms with Crippen molar-refractivity contribution in [2.24, 2.45) is 0 Å². The number of carboxylic acids is 1. The van der Waals surface area contributed by atoms with Gasteiger partial charge < -0.3 is 10.2 Å². The fourth-order valence-electron chi connectivity index (χ4n) is 1.11. The van der Waals surface area contributed by atoms with Crippen LogP contribution in [0.4, 0.5) is 8.78 Å². The standard InChI is InChI=1S/C9H16F2O3/c1-3-4-5-6-8(2,14)9(10,11)7(12)13/h14H,3-6H2,1-2H3,(H,12,13). The molecule has 0 fully saturated rings. The number of unbranched alkanes of at least 4 members (excludes halogenated alkanes) is 2. The summed E-state index contributed by atoms with van der Waals surface area (Å²) < 4.78 is 25.8. The average molecular weight is 210 g/mol. The van der Waals surface area contributed by atoms with Gasteiger partial charge in [0.05, 0.1) is 0 Å². The van der Waals surface area contributed by atoms with Crippen LogP contribution in [-0.4, -0.2) is 27.7 Å². The fraction of sp³-hybridized carbons (Fsp3) is 0.889. The molecule has 0 saturated heterocycles. The molecule has 0 saturated carbocycles. The third-order valence-electron chi connectivity index (χ3n) is 2.21. The Kier molecular flexibility index (Phi) is 4.45. The number of carbonyl (C=O) groups is 1. The molecular formula is C9H16F2O3. The third kappa shape index (κ3) is 2.90. The highest BCUT2D eigenvalue weighted by Crippen LogP contribution is 2.33. The highest BCUT2D eigenvalue weighted by atomic mass is 19.3. The lowest BCUT2D eigenvalue weighted by Gasteiger charge is -2.29. The molecule has 0 aromatic heterocycles. The summed E-state index contributed by atoms with van der Waals surface area (Å²) in [7, 11) is 0. The first-order valence-electron chi connectivity index (χ1n) is 4.59. The maximum atomic E-state index is 12.9. The maximum absolute atomic E-state index is 12.9. The number of hydrogen-bond acceptors (Lipinski definition) is 2. The van der Waals surface area contributed by atoms with Gasteiger partial charge in [0.15, 0.2) is 0 Å². The number of alkyl halides is 2. The van der Waals surface area contributed by atoms with Crippen LogP contribution < -0.4 is 0 Å². The Bertz CT molecular complexity index is 202. The number of aliphatic carboxylic acids is 1. The number of rotatable bonds is 6. The van der Waals surface area contributed by atoms with E-state index in [4.69, 9.17) is 5.11 Å². The molecule has 0 aliphatic rings. The second-order valence-corrected chi connectivity index (χ2v) is 3.61. The van der Waals surface area contributed by atoms with E-state index in [1.54, 1.807) is 0 Å². The van der Waals surface area contributed by atoms with Crippen molar-refractivity contribution < 1.29 is 23.8 Å². The summed E-state index contributed by atoms with van der Waals surface area (Å²) in [5, 5.41) is 17.5.